The molecule has 0 bridgehead atoms. The number of nitrogens with one attached hydrogen (secondary N) is 2. The van der Waals surface area contributed by atoms with Crippen LogP contribution in [-0.2, 0) is 11.2 Å². The number of ether oxygens (including phenoxy) is 1. The molecule has 1 aromatic heterocycles. The Bertz CT molecular complexity index is 613. The van der Waals surface area contributed by atoms with Crippen molar-refractivity contribution >= 4 is 10.9 Å². The first-order chi connectivity index (χ1) is 10.4. The van der Waals surface area contributed by atoms with E-state index in [0.29, 0.717) is 12.1 Å². The van der Waals surface area contributed by atoms with Crippen LogP contribution in [-0.4, -0.2) is 24.2 Å². The van der Waals surface area contributed by atoms with Crippen molar-refractivity contribution in [3.05, 3.63) is 35.5 Å². The molecular weight excluding hydrogens is 260 g/mol. The predicted octanol–water partition coefficient (Wildman–Crippen LogP) is 3.70. The zero-order chi connectivity index (χ0) is 14.1. The summed E-state index contributed by atoms with van der Waals surface area (Å²) in [6, 6.07) is 9.16. The van der Waals surface area contributed by atoms with Gasteiger partial charge in [0.25, 0.3) is 0 Å². The topological polar surface area (TPSA) is 37.0 Å². The first-order valence-electron chi connectivity index (χ1n) is 8.36. The first kappa shape index (κ1) is 13.4. The highest BCUT2D eigenvalue weighted by atomic mass is 16.5. The molecular formula is C18H24N2O. The Morgan fingerprint density at radius 3 is 3.00 bits per heavy atom. The van der Waals surface area contributed by atoms with Crippen molar-refractivity contribution in [3.8, 4) is 0 Å². The van der Waals surface area contributed by atoms with Crippen molar-refractivity contribution in [3.63, 3.8) is 0 Å². The molecule has 1 fully saturated rings. The second-order valence-electron chi connectivity index (χ2n) is 6.40. The lowest BCUT2D eigenvalue weighted by Crippen LogP contribution is -2.35. The van der Waals surface area contributed by atoms with Crippen molar-refractivity contribution < 1.29 is 4.74 Å². The summed E-state index contributed by atoms with van der Waals surface area (Å²) in [4.78, 5) is 3.65. The Labute approximate surface area is 126 Å². The molecule has 1 saturated heterocycles. The van der Waals surface area contributed by atoms with E-state index in [1.165, 1.54) is 60.7 Å². The van der Waals surface area contributed by atoms with Gasteiger partial charge in [-0.2, -0.15) is 0 Å². The number of aromatic nitrogens is 1. The van der Waals surface area contributed by atoms with Crippen LogP contribution in [0.4, 0.5) is 0 Å². The number of benzene rings is 1. The first-order valence-corrected chi connectivity index (χ1v) is 8.36. The molecule has 3 heteroatoms. The number of H-pyrrole nitrogens is 1. The van der Waals surface area contributed by atoms with Crippen molar-refractivity contribution in [2.24, 2.45) is 0 Å². The molecule has 1 aliphatic heterocycles. The number of para-hydroxylation sites is 1. The van der Waals surface area contributed by atoms with Gasteiger partial charge in [0.15, 0.2) is 0 Å². The molecule has 2 atom stereocenters. The van der Waals surface area contributed by atoms with Gasteiger partial charge < -0.3 is 15.0 Å². The van der Waals surface area contributed by atoms with Gasteiger partial charge in [0.2, 0.25) is 0 Å². The zero-order valence-electron chi connectivity index (χ0n) is 12.5. The molecule has 4 rings (SSSR count). The highest BCUT2D eigenvalue weighted by Gasteiger charge is 2.25. The molecule has 0 spiro atoms. The smallest absolute Gasteiger partial charge is 0.0699 e. The van der Waals surface area contributed by atoms with Crippen molar-refractivity contribution in [2.75, 3.05) is 13.2 Å². The molecule has 0 amide bonds. The van der Waals surface area contributed by atoms with Crippen LogP contribution in [0.15, 0.2) is 24.3 Å². The van der Waals surface area contributed by atoms with Gasteiger partial charge in [-0.25, -0.2) is 0 Å². The average molecular weight is 284 g/mol. The largest absolute Gasteiger partial charge is 0.377 e. The van der Waals surface area contributed by atoms with E-state index in [2.05, 4.69) is 34.6 Å². The summed E-state index contributed by atoms with van der Waals surface area (Å²) in [5.74, 6) is 0. The normalized spacial score (nSPS) is 25.9. The van der Waals surface area contributed by atoms with E-state index in [-0.39, 0.29) is 0 Å². The molecule has 0 saturated carbocycles. The maximum atomic E-state index is 5.84. The number of hydrogen-bond acceptors (Lipinski definition) is 2. The SMILES string of the molecule is c1ccc2c3c([nH]c2c1)C(NCC1CCCCO1)CCC3. The van der Waals surface area contributed by atoms with Crippen molar-refractivity contribution in [2.45, 2.75) is 50.7 Å². The summed E-state index contributed by atoms with van der Waals surface area (Å²) in [6.07, 6.45) is 7.87. The molecule has 3 nitrogen and oxygen atoms in total. The minimum Gasteiger partial charge on any atom is -0.377 e. The number of aromatic amines is 1. The van der Waals surface area contributed by atoms with Crippen molar-refractivity contribution in [1.82, 2.24) is 10.3 Å². The summed E-state index contributed by atoms with van der Waals surface area (Å²) in [7, 11) is 0. The molecule has 2 heterocycles. The number of fused-ring (bicyclic) bond motifs is 3. The predicted molar refractivity (Wildman–Crippen MR) is 85.6 cm³/mol. The third kappa shape index (κ3) is 2.60. The lowest BCUT2D eigenvalue weighted by atomic mass is 9.91. The molecule has 112 valence electrons. The van der Waals surface area contributed by atoms with Crippen LogP contribution in [0, 0.1) is 0 Å². The summed E-state index contributed by atoms with van der Waals surface area (Å²) < 4.78 is 5.84. The number of hydrogen-bond donors (Lipinski definition) is 2. The summed E-state index contributed by atoms with van der Waals surface area (Å²) in [5, 5.41) is 5.16. The molecule has 2 aliphatic rings. The van der Waals surface area contributed by atoms with Gasteiger partial charge in [0.05, 0.1) is 6.10 Å². The van der Waals surface area contributed by atoms with Gasteiger partial charge in [-0.05, 0) is 50.2 Å². The molecule has 2 unspecified atom stereocenters. The molecule has 21 heavy (non-hydrogen) atoms. The maximum absolute atomic E-state index is 5.84. The fourth-order valence-corrected chi connectivity index (χ4v) is 3.86. The molecule has 2 aromatic rings. The van der Waals surface area contributed by atoms with E-state index in [4.69, 9.17) is 4.74 Å². The maximum Gasteiger partial charge on any atom is 0.0699 e. The lowest BCUT2D eigenvalue weighted by molar-refractivity contribution is 0.0149. The average Bonchev–Trinajstić information content (AvgIpc) is 2.93. The van der Waals surface area contributed by atoms with E-state index >= 15 is 0 Å². The fraction of sp³-hybridized carbons (Fsp3) is 0.556. The van der Waals surface area contributed by atoms with Crippen LogP contribution < -0.4 is 5.32 Å². The van der Waals surface area contributed by atoms with Crippen molar-refractivity contribution in [1.29, 1.82) is 0 Å². The molecule has 1 aromatic carbocycles. The van der Waals surface area contributed by atoms with E-state index < -0.39 is 0 Å². The molecule has 0 radical (unpaired) electrons. The third-order valence-corrected chi connectivity index (χ3v) is 4.98. The number of aryl methyl sites for hydroxylation is 1. The Balaban J connectivity index is 1.52. The van der Waals surface area contributed by atoms with Crippen LogP contribution >= 0.6 is 0 Å². The van der Waals surface area contributed by atoms with E-state index in [1.54, 1.807) is 0 Å². The van der Waals surface area contributed by atoms with Crippen LogP contribution in [0.25, 0.3) is 10.9 Å². The van der Waals surface area contributed by atoms with E-state index in [0.717, 1.165) is 13.2 Å². The van der Waals surface area contributed by atoms with Gasteiger partial charge in [0, 0.05) is 35.8 Å². The highest BCUT2D eigenvalue weighted by molar-refractivity contribution is 5.85. The van der Waals surface area contributed by atoms with Crippen LogP contribution in [0.1, 0.15) is 49.4 Å². The minimum atomic E-state index is 0.411. The minimum absolute atomic E-state index is 0.411. The molecule has 2 N–H and O–H groups in total. The Morgan fingerprint density at radius 1 is 1.14 bits per heavy atom. The van der Waals surface area contributed by atoms with Gasteiger partial charge in [-0.3, -0.25) is 0 Å². The summed E-state index contributed by atoms with van der Waals surface area (Å²) in [6.45, 7) is 1.92. The van der Waals surface area contributed by atoms with Crippen LogP contribution in [0.3, 0.4) is 0 Å². The Kier molecular flexibility index (Phi) is 3.70. The van der Waals surface area contributed by atoms with Gasteiger partial charge >= 0.3 is 0 Å². The highest BCUT2D eigenvalue weighted by Crippen LogP contribution is 2.34. The lowest BCUT2D eigenvalue weighted by Gasteiger charge is -2.28. The van der Waals surface area contributed by atoms with E-state index in [1.807, 2.05) is 0 Å². The third-order valence-electron chi connectivity index (χ3n) is 4.98. The zero-order valence-corrected chi connectivity index (χ0v) is 12.5. The standard InChI is InChI=1S/C18H24N2O/c1-2-9-16-14(7-1)15-8-5-10-17(18(15)20-16)19-12-13-6-3-4-11-21-13/h1-2,7,9,13,17,19-20H,3-6,8,10-12H2. The monoisotopic (exact) mass is 284 g/mol. The molecule has 1 aliphatic carbocycles. The second-order valence-corrected chi connectivity index (χ2v) is 6.40. The van der Waals surface area contributed by atoms with Gasteiger partial charge in [-0.15, -0.1) is 0 Å². The van der Waals surface area contributed by atoms with Crippen LogP contribution in [0.5, 0.6) is 0 Å². The fourth-order valence-electron chi connectivity index (χ4n) is 3.86. The number of rotatable bonds is 3. The van der Waals surface area contributed by atoms with Gasteiger partial charge in [-0.1, -0.05) is 18.2 Å². The van der Waals surface area contributed by atoms with Gasteiger partial charge in [0.1, 0.15) is 0 Å². The van der Waals surface area contributed by atoms with E-state index in [9.17, 15) is 0 Å². The second kappa shape index (κ2) is 5.82. The Hall–Kier alpha value is -1.32. The summed E-state index contributed by atoms with van der Waals surface area (Å²) >= 11 is 0. The quantitative estimate of drug-likeness (QED) is 0.901. The summed E-state index contributed by atoms with van der Waals surface area (Å²) in [5.41, 5.74) is 4.22. The van der Waals surface area contributed by atoms with Crippen LogP contribution in [0.2, 0.25) is 0 Å². The Morgan fingerprint density at radius 2 is 2.10 bits per heavy atom.